The van der Waals surface area contributed by atoms with Crippen LogP contribution in [0.4, 0.5) is 0 Å². The number of benzene rings is 1. The molecule has 0 radical (unpaired) electrons. The molecule has 5 heteroatoms. The standard InChI is InChI=1S/C15H19NO4/c1-10-3-2-4-12(14(10)19)15(20)16-7-5-11(6-8-16)9-13(17)18/h2-4,11,19H,5-9H2,1H3,(H,17,18). The lowest BCUT2D eigenvalue weighted by Crippen LogP contribution is -2.39. The number of carbonyl (C=O) groups is 2. The zero-order valence-electron chi connectivity index (χ0n) is 11.5. The summed E-state index contributed by atoms with van der Waals surface area (Å²) in [7, 11) is 0. The van der Waals surface area contributed by atoms with Gasteiger partial charge in [0.05, 0.1) is 5.56 Å². The van der Waals surface area contributed by atoms with E-state index in [1.807, 2.05) is 0 Å². The van der Waals surface area contributed by atoms with E-state index in [9.17, 15) is 14.7 Å². The lowest BCUT2D eigenvalue weighted by molar-refractivity contribution is -0.138. The van der Waals surface area contributed by atoms with Gasteiger partial charge in [-0.25, -0.2) is 0 Å². The van der Waals surface area contributed by atoms with Crippen LogP contribution in [0.15, 0.2) is 18.2 Å². The molecule has 5 nitrogen and oxygen atoms in total. The zero-order valence-corrected chi connectivity index (χ0v) is 11.5. The molecule has 1 amide bonds. The highest BCUT2D eigenvalue weighted by Gasteiger charge is 2.26. The van der Waals surface area contributed by atoms with Crippen molar-refractivity contribution < 1.29 is 19.8 Å². The third kappa shape index (κ3) is 3.10. The number of hydrogen-bond acceptors (Lipinski definition) is 3. The van der Waals surface area contributed by atoms with Crippen molar-refractivity contribution in [3.05, 3.63) is 29.3 Å². The predicted octanol–water partition coefficient (Wildman–Crippen LogP) is 2.03. The number of carbonyl (C=O) groups excluding carboxylic acids is 1. The smallest absolute Gasteiger partial charge is 0.303 e. The third-order valence-corrected chi connectivity index (χ3v) is 3.83. The van der Waals surface area contributed by atoms with Gasteiger partial charge in [0.1, 0.15) is 5.75 Å². The van der Waals surface area contributed by atoms with E-state index in [0.29, 0.717) is 37.1 Å². The SMILES string of the molecule is Cc1cccc(C(=O)N2CCC(CC(=O)O)CC2)c1O. The van der Waals surface area contributed by atoms with Gasteiger partial charge in [0.2, 0.25) is 0 Å². The van der Waals surface area contributed by atoms with Gasteiger partial charge in [0.15, 0.2) is 0 Å². The Morgan fingerprint density at radius 1 is 1.30 bits per heavy atom. The molecule has 1 aliphatic heterocycles. The maximum atomic E-state index is 12.4. The summed E-state index contributed by atoms with van der Waals surface area (Å²) in [6, 6.07) is 5.12. The maximum absolute atomic E-state index is 12.4. The number of aromatic hydroxyl groups is 1. The summed E-state index contributed by atoms with van der Waals surface area (Å²) in [4.78, 5) is 24.7. The van der Waals surface area contributed by atoms with Gasteiger partial charge in [-0.05, 0) is 37.3 Å². The minimum atomic E-state index is -0.786. The number of aliphatic carboxylic acids is 1. The van der Waals surface area contributed by atoms with Gasteiger partial charge in [-0.15, -0.1) is 0 Å². The van der Waals surface area contributed by atoms with Crippen LogP contribution in [0.3, 0.4) is 0 Å². The first-order valence-corrected chi connectivity index (χ1v) is 6.78. The molecular weight excluding hydrogens is 258 g/mol. The van der Waals surface area contributed by atoms with Crippen molar-refractivity contribution in [1.82, 2.24) is 4.90 Å². The van der Waals surface area contributed by atoms with E-state index in [1.165, 1.54) is 0 Å². The second-order valence-electron chi connectivity index (χ2n) is 5.30. The van der Waals surface area contributed by atoms with Crippen molar-refractivity contribution in [3.8, 4) is 5.75 Å². The highest BCUT2D eigenvalue weighted by atomic mass is 16.4. The summed E-state index contributed by atoms with van der Waals surface area (Å²) in [5.74, 6) is -0.793. The molecule has 1 aromatic rings. The van der Waals surface area contributed by atoms with Crippen molar-refractivity contribution in [1.29, 1.82) is 0 Å². The summed E-state index contributed by atoms with van der Waals surface area (Å²) >= 11 is 0. The summed E-state index contributed by atoms with van der Waals surface area (Å²) < 4.78 is 0. The van der Waals surface area contributed by atoms with Crippen LogP contribution in [-0.2, 0) is 4.79 Å². The molecule has 1 aromatic carbocycles. The first-order valence-electron chi connectivity index (χ1n) is 6.78. The van der Waals surface area contributed by atoms with Crippen LogP contribution in [0.1, 0.15) is 35.2 Å². The molecule has 0 atom stereocenters. The number of phenolic OH excluding ortho intramolecular Hbond substituents is 1. The van der Waals surface area contributed by atoms with Crippen molar-refractivity contribution >= 4 is 11.9 Å². The molecule has 0 unspecified atom stereocenters. The molecule has 0 aromatic heterocycles. The van der Waals surface area contributed by atoms with E-state index in [-0.39, 0.29) is 24.0 Å². The molecule has 1 fully saturated rings. The first-order chi connectivity index (χ1) is 9.49. The molecule has 1 aliphatic rings. The summed E-state index contributed by atoms with van der Waals surface area (Å²) in [6.07, 6.45) is 1.56. The second kappa shape index (κ2) is 5.94. The summed E-state index contributed by atoms with van der Waals surface area (Å²) in [5.41, 5.74) is 0.998. The monoisotopic (exact) mass is 277 g/mol. The number of likely N-dealkylation sites (tertiary alicyclic amines) is 1. The minimum Gasteiger partial charge on any atom is -0.507 e. The number of carboxylic acid groups (broad SMARTS) is 1. The quantitative estimate of drug-likeness (QED) is 0.886. The summed E-state index contributed by atoms with van der Waals surface area (Å²) in [5, 5.41) is 18.7. The molecule has 2 rings (SSSR count). The fraction of sp³-hybridized carbons (Fsp3) is 0.467. The second-order valence-corrected chi connectivity index (χ2v) is 5.30. The van der Waals surface area contributed by atoms with E-state index in [2.05, 4.69) is 0 Å². The molecule has 0 bridgehead atoms. The molecule has 0 saturated carbocycles. The van der Waals surface area contributed by atoms with Crippen molar-refractivity contribution in [2.45, 2.75) is 26.2 Å². The third-order valence-electron chi connectivity index (χ3n) is 3.83. The largest absolute Gasteiger partial charge is 0.507 e. The molecular formula is C15H19NO4. The number of nitrogens with zero attached hydrogens (tertiary/aromatic N) is 1. The average Bonchev–Trinajstić information content (AvgIpc) is 2.41. The van der Waals surface area contributed by atoms with E-state index < -0.39 is 5.97 Å². The van der Waals surface area contributed by atoms with Crippen LogP contribution >= 0.6 is 0 Å². The Morgan fingerprint density at radius 3 is 2.55 bits per heavy atom. The minimum absolute atomic E-state index is 0.0326. The van der Waals surface area contributed by atoms with E-state index >= 15 is 0 Å². The topological polar surface area (TPSA) is 77.8 Å². The van der Waals surface area contributed by atoms with Crippen molar-refractivity contribution in [3.63, 3.8) is 0 Å². The van der Waals surface area contributed by atoms with E-state index in [1.54, 1.807) is 30.0 Å². The Kier molecular flexibility index (Phi) is 4.27. The Hall–Kier alpha value is -2.04. The number of phenols is 1. The normalized spacial score (nSPS) is 16.1. The van der Waals surface area contributed by atoms with Crippen LogP contribution < -0.4 is 0 Å². The molecule has 20 heavy (non-hydrogen) atoms. The predicted molar refractivity (Wildman–Crippen MR) is 73.7 cm³/mol. The van der Waals surface area contributed by atoms with E-state index in [0.717, 1.165) is 0 Å². The molecule has 0 aliphatic carbocycles. The van der Waals surface area contributed by atoms with Crippen LogP contribution in [-0.4, -0.2) is 40.1 Å². The van der Waals surface area contributed by atoms with Gasteiger partial charge in [-0.1, -0.05) is 12.1 Å². The van der Waals surface area contributed by atoms with Gasteiger partial charge in [0, 0.05) is 19.5 Å². The first kappa shape index (κ1) is 14.4. The lowest BCUT2D eigenvalue weighted by atomic mass is 9.93. The van der Waals surface area contributed by atoms with Crippen LogP contribution in [0, 0.1) is 12.8 Å². The molecule has 1 heterocycles. The number of aryl methyl sites for hydroxylation is 1. The number of para-hydroxylation sites is 1. The molecule has 2 N–H and O–H groups in total. The van der Waals surface area contributed by atoms with Crippen LogP contribution in [0.25, 0.3) is 0 Å². The number of rotatable bonds is 3. The highest BCUT2D eigenvalue weighted by molar-refractivity contribution is 5.97. The van der Waals surface area contributed by atoms with Gasteiger partial charge in [-0.3, -0.25) is 9.59 Å². The Balaban J connectivity index is 2.02. The van der Waals surface area contributed by atoms with Gasteiger partial charge >= 0.3 is 5.97 Å². The number of amides is 1. The fourth-order valence-corrected chi connectivity index (χ4v) is 2.59. The van der Waals surface area contributed by atoms with Crippen molar-refractivity contribution in [2.24, 2.45) is 5.92 Å². The molecule has 1 saturated heterocycles. The van der Waals surface area contributed by atoms with E-state index in [4.69, 9.17) is 5.11 Å². The summed E-state index contributed by atoms with van der Waals surface area (Å²) in [6.45, 7) is 2.85. The zero-order chi connectivity index (χ0) is 14.7. The number of carboxylic acids is 1. The molecule has 0 spiro atoms. The van der Waals surface area contributed by atoms with Crippen LogP contribution in [0.2, 0.25) is 0 Å². The number of piperidine rings is 1. The maximum Gasteiger partial charge on any atom is 0.303 e. The highest BCUT2D eigenvalue weighted by Crippen LogP contribution is 2.26. The Labute approximate surface area is 117 Å². The van der Waals surface area contributed by atoms with Gasteiger partial charge in [-0.2, -0.15) is 0 Å². The van der Waals surface area contributed by atoms with Gasteiger partial charge in [0.25, 0.3) is 5.91 Å². The van der Waals surface area contributed by atoms with Crippen molar-refractivity contribution in [2.75, 3.05) is 13.1 Å². The lowest BCUT2D eigenvalue weighted by Gasteiger charge is -2.31. The van der Waals surface area contributed by atoms with Crippen LogP contribution in [0.5, 0.6) is 5.75 Å². The average molecular weight is 277 g/mol. The Bertz CT molecular complexity index is 519. The fourth-order valence-electron chi connectivity index (χ4n) is 2.59. The Morgan fingerprint density at radius 2 is 1.95 bits per heavy atom. The number of hydrogen-bond donors (Lipinski definition) is 2. The molecule has 108 valence electrons. The van der Waals surface area contributed by atoms with Gasteiger partial charge < -0.3 is 15.1 Å².